The van der Waals surface area contributed by atoms with E-state index in [4.69, 9.17) is 20.5 Å². The van der Waals surface area contributed by atoms with Crippen molar-refractivity contribution in [1.29, 1.82) is 5.26 Å². The van der Waals surface area contributed by atoms with Crippen LogP contribution in [0.3, 0.4) is 0 Å². The van der Waals surface area contributed by atoms with E-state index in [1.54, 1.807) is 36.4 Å². The van der Waals surface area contributed by atoms with Crippen LogP contribution in [-0.4, -0.2) is 18.5 Å². The van der Waals surface area contributed by atoms with Gasteiger partial charge in [0.25, 0.3) is 5.91 Å². The number of hydrogen-bond donors (Lipinski definition) is 1. The second kappa shape index (κ2) is 7.61. The molecule has 0 aliphatic rings. The quantitative estimate of drug-likeness (QED) is 0.819. The maximum Gasteiger partial charge on any atom is 0.338 e. The fourth-order valence-corrected chi connectivity index (χ4v) is 1.75. The molecule has 2 rings (SSSR count). The van der Waals surface area contributed by atoms with Crippen molar-refractivity contribution in [2.75, 3.05) is 6.61 Å². The molecule has 116 valence electrons. The second-order valence-corrected chi connectivity index (χ2v) is 4.66. The number of rotatable bonds is 6. The Morgan fingerprint density at radius 2 is 1.70 bits per heavy atom. The van der Waals surface area contributed by atoms with E-state index in [-0.39, 0.29) is 13.2 Å². The molecule has 0 aliphatic carbocycles. The van der Waals surface area contributed by atoms with Crippen molar-refractivity contribution >= 4 is 11.9 Å². The summed E-state index contributed by atoms with van der Waals surface area (Å²) in [5.74, 6) is -0.612. The fourth-order valence-electron chi connectivity index (χ4n) is 1.75. The summed E-state index contributed by atoms with van der Waals surface area (Å²) in [6.45, 7) is -0.104. The zero-order chi connectivity index (χ0) is 16.7. The molecule has 6 nitrogen and oxygen atoms in total. The van der Waals surface area contributed by atoms with Gasteiger partial charge in [-0.15, -0.1) is 0 Å². The smallest absolute Gasteiger partial charge is 0.338 e. The fraction of sp³-hybridized carbons (Fsp3) is 0.118. The Hall–Kier alpha value is -3.33. The highest BCUT2D eigenvalue weighted by Crippen LogP contribution is 2.14. The monoisotopic (exact) mass is 310 g/mol. The van der Waals surface area contributed by atoms with E-state index >= 15 is 0 Å². The van der Waals surface area contributed by atoms with Crippen LogP contribution in [0.2, 0.25) is 0 Å². The average molecular weight is 310 g/mol. The first-order valence-electron chi connectivity index (χ1n) is 6.76. The Labute approximate surface area is 133 Å². The molecule has 1 amide bonds. The molecule has 2 aromatic carbocycles. The van der Waals surface area contributed by atoms with Gasteiger partial charge >= 0.3 is 5.97 Å². The van der Waals surface area contributed by atoms with Gasteiger partial charge < -0.3 is 15.2 Å². The van der Waals surface area contributed by atoms with Crippen LogP contribution < -0.4 is 10.5 Å². The molecule has 0 unspecified atom stereocenters. The van der Waals surface area contributed by atoms with Crippen LogP contribution in [0.5, 0.6) is 5.75 Å². The largest absolute Gasteiger partial charge is 0.484 e. The third-order valence-corrected chi connectivity index (χ3v) is 2.92. The minimum absolute atomic E-state index is 0.116. The van der Waals surface area contributed by atoms with Crippen LogP contribution in [0, 0.1) is 11.3 Å². The number of nitrogens with two attached hydrogens (primary N) is 1. The summed E-state index contributed by atoms with van der Waals surface area (Å²) in [5.41, 5.74) is 6.68. The first-order valence-corrected chi connectivity index (χ1v) is 6.76. The normalized spacial score (nSPS) is 9.70. The number of hydrogen-bond acceptors (Lipinski definition) is 5. The van der Waals surface area contributed by atoms with E-state index in [0.717, 1.165) is 5.56 Å². The van der Waals surface area contributed by atoms with Gasteiger partial charge in [-0.3, -0.25) is 4.79 Å². The molecule has 0 atom stereocenters. The Balaban J connectivity index is 1.89. The second-order valence-electron chi connectivity index (χ2n) is 4.66. The molecule has 0 aromatic heterocycles. The van der Waals surface area contributed by atoms with Crippen molar-refractivity contribution in [3.05, 3.63) is 65.2 Å². The van der Waals surface area contributed by atoms with Crippen molar-refractivity contribution < 1.29 is 19.1 Å². The molecule has 0 heterocycles. The number of ether oxygens (including phenoxy) is 2. The SMILES string of the molecule is N#Cc1ccc(COC(=O)c2ccc(OCC(N)=O)cc2)cc1. The Kier molecular flexibility index (Phi) is 5.31. The topological polar surface area (TPSA) is 102 Å². The van der Waals surface area contributed by atoms with Crippen molar-refractivity contribution in [3.63, 3.8) is 0 Å². The molecule has 0 bridgehead atoms. The summed E-state index contributed by atoms with van der Waals surface area (Å²) in [5, 5.41) is 8.72. The Morgan fingerprint density at radius 1 is 1.04 bits per heavy atom. The summed E-state index contributed by atoms with van der Waals surface area (Å²) in [7, 11) is 0. The number of esters is 1. The zero-order valence-corrected chi connectivity index (χ0v) is 12.2. The molecule has 2 aromatic rings. The number of benzene rings is 2. The van der Waals surface area contributed by atoms with Crippen molar-refractivity contribution in [2.24, 2.45) is 5.73 Å². The maximum atomic E-state index is 11.9. The molecule has 0 fully saturated rings. The van der Waals surface area contributed by atoms with E-state index in [1.807, 2.05) is 6.07 Å². The van der Waals surface area contributed by atoms with Gasteiger partial charge in [-0.25, -0.2) is 4.79 Å². The van der Waals surface area contributed by atoms with Gasteiger partial charge in [0.05, 0.1) is 17.2 Å². The van der Waals surface area contributed by atoms with E-state index in [1.165, 1.54) is 12.1 Å². The minimum atomic E-state index is -0.573. The number of carbonyl (C=O) groups is 2. The summed E-state index contributed by atoms with van der Waals surface area (Å²) in [6, 6.07) is 15.0. The van der Waals surface area contributed by atoms with Gasteiger partial charge in [0.15, 0.2) is 6.61 Å². The van der Waals surface area contributed by atoms with Crippen molar-refractivity contribution in [3.8, 4) is 11.8 Å². The third kappa shape index (κ3) is 4.86. The predicted molar refractivity (Wildman–Crippen MR) is 81.4 cm³/mol. The molecule has 0 spiro atoms. The van der Waals surface area contributed by atoms with E-state index in [0.29, 0.717) is 16.9 Å². The van der Waals surface area contributed by atoms with Crippen LogP contribution in [0.25, 0.3) is 0 Å². The number of nitrogens with zero attached hydrogens (tertiary/aromatic N) is 1. The van der Waals surface area contributed by atoms with Gasteiger partial charge in [0, 0.05) is 0 Å². The number of carbonyl (C=O) groups excluding carboxylic acids is 2. The van der Waals surface area contributed by atoms with Gasteiger partial charge in [0.1, 0.15) is 12.4 Å². The molecule has 6 heteroatoms. The van der Waals surface area contributed by atoms with Crippen LogP contribution in [-0.2, 0) is 16.1 Å². The summed E-state index contributed by atoms with van der Waals surface area (Å²) in [6.07, 6.45) is 0. The van der Waals surface area contributed by atoms with Gasteiger partial charge in [-0.2, -0.15) is 5.26 Å². The van der Waals surface area contributed by atoms with Crippen LogP contribution in [0.15, 0.2) is 48.5 Å². The van der Waals surface area contributed by atoms with E-state index in [9.17, 15) is 9.59 Å². The molecular weight excluding hydrogens is 296 g/mol. The maximum absolute atomic E-state index is 11.9. The van der Waals surface area contributed by atoms with Crippen LogP contribution in [0.1, 0.15) is 21.5 Å². The summed E-state index contributed by atoms with van der Waals surface area (Å²) >= 11 is 0. The highest BCUT2D eigenvalue weighted by molar-refractivity contribution is 5.89. The first kappa shape index (κ1) is 16.0. The van der Waals surface area contributed by atoms with Gasteiger partial charge in [-0.05, 0) is 42.0 Å². The minimum Gasteiger partial charge on any atom is -0.484 e. The van der Waals surface area contributed by atoms with Gasteiger partial charge in [0.2, 0.25) is 0 Å². The lowest BCUT2D eigenvalue weighted by Crippen LogP contribution is -2.20. The Bertz CT molecular complexity index is 731. The van der Waals surface area contributed by atoms with Crippen LogP contribution >= 0.6 is 0 Å². The Morgan fingerprint density at radius 3 is 2.26 bits per heavy atom. The number of primary amides is 1. The lowest BCUT2D eigenvalue weighted by atomic mass is 10.1. The molecule has 0 radical (unpaired) electrons. The van der Waals surface area contributed by atoms with Crippen molar-refractivity contribution in [2.45, 2.75) is 6.61 Å². The van der Waals surface area contributed by atoms with E-state index < -0.39 is 11.9 Å². The number of nitriles is 1. The molecule has 23 heavy (non-hydrogen) atoms. The third-order valence-electron chi connectivity index (χ3n) is 2.92. The highest BCUT2D eigenvalue weighted by Gasteiger charge is 2.08. The molecular formula is C17H14N2O4. The molecule has 0 saturated heterocycles. The summed E-state index contributed by atoms with van der Waals surface area (Å²) < 4.78 is 10.3. The highest BCUT2D eigenvalue weighted by atomic mass is 16.5. The van der Waals surface area contributed by atoms with E-state index in [2.05, 4.69) is 0 Å². The lowest BCUT2D eigenvalue weighted by Gasteiger charge is -2.07. The molecule has 0 aliphatic heterocycles. The lowest BCUT2D eigenvalue weighted by molar-refractivity contribution is -0.119. The molecule has 2 N–H and O–H groups in total. The van der Waals surface area contributed by atoms with Crippen LogP contribution in [0.4, 0.5) is 0 Å². The standard InChI is InChI=1S/C17H14N2O4/c18-9-12-1-3-13(4-2-12)10-23-17(21)14-5-7-15(8-6-14)22-11-16(19)20/h1-8H,10-11H2,(H2,19,20). The number of amides is 1. The van der Waals surface area contributed by atoms with Crippen molar-refractivity contribution in [1.82, 2.24) is 0 Å². The summed E-state index contributed by atoms with van der Waals surface area (Å²) in [4.78, 5) is 22.5. The average Bonchev–Trinajstić information content (AvgIpc) is 2.58. The zero-order valence-electron chi connectivity index (χ0n) is 12.2. The molecule has 0 saturated carbocycles. The first-order chi connectivity index (χ1) is 11.1. The van der Waals surface area contributed by atoms with Gasteiger partial charge in [-0.1, -0.05) is 12.1 Å². The predicted octanol–water partition coefficient (Wildman–Crippen LogP) is 1.78.